The number of fused-ring (bicyclic) bond motifs is 10. The first kappa shape index (κ1) is 28.6. The van der Waals surface area contributed by atoms with Crippen LogP contribution in [0.25, 0.3) is 63.1 Å². The van der Waals surface area contributed by atoms with Crippen molar-refractivity contribution in [2.75, 3.05) is 4.90 Å². The van der Waals surface area contributed by atoms with Crippen molar-refractivity contribution in [1.82, 2.24) is 0 Å². The standard InChI is InChI=1S/C47H33NSe/c1-47(2)40-16-9-8-15-39(40)45-41(47)17-10-18-42(45)48(34-24-21-31(22-25-34)30-11-4-3-5-12-30)35-26-28-37-38-27-23-33-20-19-32-13-6-7-14-36(32)44(33)46(38)49-43(37)29-35/h3-29H,1-2H3. The quantitative estimate of drug-likeness (QED) is 0.131. The fourth-order valence-electron chi connectivity index (χ4n) is 8.23. The summed E-state index contributed by atoms with van der Waals surface area (Å²) >= 11 is 0.181. The molecule has 1 nitrogen and oxygen atoms in total. The van der Waals surface area contributed by atoms with Crippen LogP contribution in [0.3, 0.4) is 0 Å². The molecule has 0 bridgehead atoms. The van der Waals surface area contributed by atoms with E-state index in [4.69, 9.17) is 0 Å². The van der Waals surface area contributed by atoms with E-state index in [0.717, 1.165) is 5.69 Å². The monoisotopic (exact) mass is 691 g/mol. The SMILES string of the molecule is CC1(C)c2ccccc2-c2c(N(c3ccc(-c4ccccc4)cc3)c3ccc4c(c3)[se]c3c4ccc4ccc5ccccc5c43)cccc21. The van der Waals surface area contributed by atoms with Crippen LogP contribution >= 0.6 is 0 Å². The Kier molecular flexibility index (Phi) is 6.31. The summed E-state index contributed by atoms with van der Waals surface area (Å²) in [5.74, 6) is 0. The first-order valence-corrected chi connectivity index (χ1v) is 18.7. The molecule has 232 valence electrons. The normalized spacial score (nSPS) is 13.3. The van der Waals surface area contributed by atoms with E-state index in [-0.39, 0.29) is 19.9 Å². The van der Waals surface area contributed by atoms with E-state index in [1.807, 2.05) is 0 Å². The molecule has 1 aliphatic rings. The molecule has 1 heterocycles. The zero-order chi connectivity index (χ0) is 32.7. The Bertz CT molecular complexity index is 2730. The van der Waals surface area contributed by atoms with Crippen molar-refractivity contribution >= 4 is 72.4 Å². The van der Waals surface area contributed by atoms with Gasteiger partial charge in [-0.15, -0.1) is 0 Å². The Balaban J connectivity index is 1.21. The molecule has 49 heavy (non-hydrogen) atoms. The van der Waals surface area contributed by atoms with E-state index >= 15 is 0 Å². The van der Waals surface area contributed by atoms with Gasteiger partial charge in [0.15, 0.2) is 0 Å². The van der Waals surface area contributed by atoms with E-state index in [1.165, 1.54) is 85.6 Å². The van der Waals surface area contributed by atoms with Gasteiger partial charge in [0.1, 0.15) is 0 Å². The minimum atomic E-state index is -0.0721. The van der Waals surface area contributed by atoms with Gasteiger partial charge in [0, 0.05) is 0 Å². The predicted molar refractivity (Wildman–Crippen MR) is 211 cm³/mol. The molecular weight excluding hydrogens is 657 g/mol. The van der Waals surface area contributed by atoms with E-state index < -0.39 is 0 Å². The second kappa shape index (κ2) is 10.8. The molecule has 1 aromatic heterocycles. The fraction of sp³-hybridized carbons (Fsp3) is 0.0638. The van der Waals surface area contributed by atoms with E-state index in [9.17, 15) is 0 Å². The topological polar surface area (TPSA) is 3.24 Å². The summed E-state index contributed by atoms with van der Waals surface area (Å²) in [7, 11) is 0. The van der Waals surface area contributed by atoms with Crippen molar-refractivity contribution in [3.63, 3.8) is 0 Å². The number of benzene rings is 8. The van der Waals surface area contributed by atoms with E-state index in [0.29, 0.717) is 0 Å². The van der Waals surface area contributed by atoms with Crippen molar-refractivity contribution in [3.8, 4) is 22.3 Å². The van der Waals surface area contributed by atoms with Crippen molar-refractivity contribution < 1.29 is 0 Å². The minimum absolute atomic E-state index is 0.0721. The molecule has 2 heteroatoms. The van der Waals surface area contributed by atoms with Crippen LogP contribution in [-0.4, -0.2) is 14.5 Å². The molecule has 9 aromatic rings. The maximum atomic E-state index is 2.50. The van der Waals surface area contributed by atoms with Crippen LogP contribution in [0.1, 0.15) is 25.0 Å². The van der Waals surface area contributed by atoms with Crippen molar-refractivity contribution in [2.24, 2.45) is 0 Å². The van der Waals surface area contributed by atoms with Crippen LogP contribution in [-0.2, 0) is 5.41 Å². The predicted octanol–water partition coefficient (Wildman–Crippen LogP) is 12.8. The Labute approximate surface area is 292 Å². The Morgan fingerprint density at radius 2 is 1.16 bits per heavy atom. The van der Waals surface area contributed by atoms with Crippen LogP contribution in [0.2, 0.25) is 0 Å². The first-order valence-electron chi connectivity index (χ1n) is 17.0. The summed E-state index contributed by atoms with van der Waals surface area (Å²) < 4.78 is 2.95. The molecule has 0 saturated carbocycles. The fourth-order valence-corrected chi connectivity index (χ4v) is 11.0. The Morgan fingerprint density at radius 3 is 2.04 bits per heavy atom. The average molecular weight is 691 g/mol. The number of anilines is 3. The molecule has 0 unspecified atom stereocenters. The first-order chi connectivity index (χ1) is 24.1. The van der Waals surface area contributed by atoms with Crippen molar-refractivity contribution in [2.45, 2.75) is 19.3 Å². The summed E-state index contributed by atoms with van der Waals surface area (Å²) in [6, 6.07) is 60.9. The molecule has 0 aliphatic heterocycles. The molecule has 10 rings (SSSR count). The van der Waals surface area contributed by atoms with Crippen LogP contribution in [0, 0.1) is 0 Å². The van der Waals surface area contributed by atoms with Gasteiger partial charge >= 0.3 is 294 Å². The molecule has 0 N–H and O–H groups in total. The molecule has 0 radical (unpaired) electrons. The molecule has 0 saturated heterocycles. The molecule has 0 spiro atoms. The van der Waals surface area contributed by atoms with Gasteiger partial charge in [-0.3, -0.25) is 0 Å². The molecule has 0 fully saturated rings. The van der Waals surface area contributed by atoms with Crippen LogP contribution in [0.15, 0.2) is 164 Å². The number of hydrogen-bond donors (Lipinski definition) is 0. The zero-order valence-corrected chi connectivity index (χ0v) is 29.2. The summed E-state index contributed by atoms with van der Waals surface area (Å²) in [6.07, 6.45) is 0. The third-order valence-electron chi connectivity index (χ3n) is 10.6. The summed E-state index contributed by atoms with van der Waals surface area (Å²) in [4.78, 5) is 2.50. The van der Waals surface area contributed by atoms with E-state index in [1.54, 1.807) is 0 Å². The Hall–Kier alpha value is -5.40. The average Bonchev–Trinajstić information content (AvgIpc) is 3.64. The zero-order valence-electron chi connectivity index (χ0n) is 27.4. The molecule has 1 aliphatic carbocycles. The van der Waals surface area contributed by atoms with Gasteiger partial charge < -0.3 is 0 Å². The van der Waals surface area contributed by atoms with Gasteiger partial charge in [0.05, 0.1) is 0 Å². The second-order valence-electron chi connectivity index (χ2n) is 13.7. The van der Waals surface area contributed by atoms with Crippen molar-refractivity contribution in [3.05, 3.63) is 175 Å². The summed E-state index contributed by atoms with van der Waals surface area (Å²) in [5, 5.41) is 8.17. The van der Waals surface area contributed by atoms with Gasteiger partial charge in [0.25, 0.3) is 0 Å². The molecule has 0 amide bonds. The number of nitrogens with zero attached hydrogens (tertiary/aromatic N) is 1. The maximum absolute atomic E-state index is 2.50. The van der Waals surface area contributed by atoms with E-state index in [2.05, 4.69) is 183 Å². The molecular formula is C47H33NSe. The second-order valence-corrected chi connectivity index (χ2v) is 15.9. The van der Waals surface area contributed by atoms with Gasteiger partial charge in [-0.2, -0.15) is 0 Å². The third-order valence-corrected chi connectivity index (χ3v) is 13.1. The van der Waals surface area contributed by atoms with Crippen LogP contribution in [0.5, 0.6) is 0 Å². The van der Waals surface area contributed by atoms with Gasteiger partial charge in [-0.05, 0) is 0 Å². The van der Waals surface area contributed by atoms with Gasteiger partial charge in [0.2, 0.25) is 0 Å². The molecule has 8 aromatic carbocycles. The van der Waals surface area contributed by atoms with Gasteiger partial charge in [-0.1, -0.05) is 0 Å². The van der Waals surface area contributed by atoms with Crippen molar-refractivity contribution in [1.29, 1.82) is 0 Å². The number of rotatable bonds is 4. The summed E-state index contributed by atoms with van der Waals surface area (Å²) in [6.45, 7) is 4.73. The summed E-state index contributed by atoms with van der Waals surface area (Å²) in [5.41, 5.74) is 11.4. The van der Waals surface area contributed by atoms with Crippen LogP contribution in [0.4, 0.5) is 17.1 Å². The number of hydrogen-bond acceptors (Lipinski definition) is 1. The molecule has 0 atom stereocenters. The Morgan fingerprint density at radius 1 is 0.490 bits per heavy atom. The third kappa shape index (κ3) is 4.31. The van der Waals surface area contributed by atoms with Crippen LogP contribution < -0.4 is 4.90 Å². The van der Waals surface area contributed by atoms with Gasteiger partial charge in [-0.25, -0.2) is 0 Å².